The molecule has 0 saturated carbocycles. The van der Waals surface area contributed by atoms with E-state index in [0.717, 1.165) is 12.1 Å². The first-order chi connectivity index (χ1) is 6.65. The molecule has 14 heavy (non-hydrogen) atoms. The zero-order valence-corrected chi connectivity index (χ0v) is 7.35. The molecule has 1 aromatic rings. The summed E-state index contributed by atoms with van der Waals surface area (Å²) in [7, 11) is 0. The van der Waals surface area contributed by atoms with Gasteiger partial charge in [-0.2, -0.15) is 0 Å². The lowest BCUT2D eigenvalue weighted by atomic mass is 10.2. The third kappa shape index (κ3) is 2.44. The van der Waals surface area contributed by atoms with Crippen LogP contribution < -0.4 is 5.73 Å². The van der Waals surface area contributed by atoms with Gasteiger partial charge in [0.2, 0.25) is 0 Å². The quantitative estimate of drug-likeness (QED) is 0.668. The van der Waals surface area contributed by atoms with Crippen LogP contribution in [0.3, 0.4) is 0 Å². The number of hydrogen-bond donors (Lipinski definition) is 2. The van der Waals surface area contributed by atoms with Gasteiger partial charge >= 0.3 is 0 Å². The Bertz CT molecular complexity index is 370. The fourth-order valence-electron chi connectivity index (χ4n) is 0.902. The van der Waals surface area contributed by atoms with Gasteiger partial charge in [0.15, 0.2) is 0 Å². The second-order valence-corrected chi connectivity index (χ2v) is 2.62. The second kappa shape index (κ2) is 4.58. The molecule has 1 rings (SSSR count). The first-order valence-electron chi connectivity index (χ1n) is 4.02. The highest BCUT2D eigenvalue weighted by Crippen LogP contribution is 2.18. The number of hydrogen-bond acceptors (Lipinski definition) is 2. The van der Waals surface area contributed by atoms with Crippen LogP contribution in [0.5, 0.6) is 5.75 Å². The van der Waals surface area contributed by atoms with Crippen molar-refractivity contribution in [1.82, 2.24) is 0 Å². The summed E-state index contributed by atoms with van der Waals surface area (Å²) < 4.78 is 26.0. The number of benzene rings is 1. The minimum absolute atomic E-state index is 0.337. The molecule has 0 atom stereocenters. The average Bonchev–Trinajstić information content (AvgIpc) is 2.09. The number of nitrogens with two attached hydrogens (primary N) is 1. The Kier molecular flexibility index (Phi) is 3.43. The van der Waals surface area contributed by atoms with E-state index in [1.807, 2.05) is 0 Å². The predicted molar refractivity (Wildman–Crippen MR) is 48.6 cm³/mol. The van der Waals surface area contributed by atoms with Gasteiger partial charge in [-0.05, 0) is 0 Å². The third-order valence-corrected chi connectivity index (χ3v) is 1.51. The lowest BCUT2D eigenvalue weighted by molar-refractivity contribution is 0.459. The molecule has 2 nitrogen and oxygen atoms in total. The monoisotopic (exact) mass is 197 g/mol. The van der Waals surface area contributed by atoms with Crippen LogP contribution in [0, 0.1) is 23.5 Å². The Balaban J connectivity index is 3.04. The Morgan fingerprint density at radius 2 is 1.86 bits per heavy atom. The maximum atomic E-state index is 13.0. The van der Waals surface area contributed by atoms with E-state index in [-0.39, 0.29) is 5.56 Å². The van der Waals surface area contributed by atoms with Gasteiger partial charge in [0.25, 0.3) is 0 Å². The van der Waals surface area contributed by atoms with Crippen LogP contribution in [0.25, 0.3) is 0 Å². The van der Waals surface area contributed by atoms with E-state index in [9.17, 15) is 8.78 Å². The maximum Gasteiger partial charge on any atom is 0.145 e. The molecule has 1 aromatic carbocycles. The zero-order chi connectivity index (χ0) is 10.6. The molecule has 0 radical (unpaired) electrons. The minimum atomic E-state index is -0.868. The fourth-order valence-corrected chi connectivity index (χ4v) is 0.902. The lowest BCUT2D eigenvalue weighted by Gasteiger charge is -1.97. The summed E-state index contributed by atoms with van der Waals surface area (Å²) in [6.45, 7) is 0.342. The van der Waals surface area contributed by atoms with Gasteiger partial charge in [-0.25, -0.2) is 8.78 Å². The number of rotatable bonds is 1. The minimum Gasteiger partial charge on any atom is -0.508 e. The van der Waals surface area contributed by atoms with Crippen molar-refractivity contribution in [2.45, 2.75) is 6.42 Å². The maximum absolute atomic E-state index is 13.0. The molecule has 0 aliphatic heterocycles. The van der Waals surface area contributed by atoms with Crippen molar-refractivity contribution in [3.63, 3.8) is 0 Å². The summed E-state index contributed by atoms with van der Waals surface area (Å²) in [5, 5.41) is 8.84. The van der Waals surface area contributed by atoms with Gasteiger partial charge < -0.3 is 10.8 Å². The molecule has 0 aliphatic rings. The summed E-state index contributed by atoms with van der Waals surface area (Å²) in [6, 6.07) is 1.63. The SMILES string of the molecule is NCCC#Cc1c(F)cc(O)cc1F. The molecular weight excluding hydrogens is 188 g/mol. The normalized spacial score (nSPS) is 9.36. The molecule has 0 bridgehead atoms. The molecule has 3 N–H and O–H groups in total. The molecule has 0 aromatic heterocycles. The van der Waals surface area contributed by atoms with Crippen molar-refractivity contribution in [3.8, 4) is 17.6 Å². The highest BCUT2D eigenvalue weighted by Gasteiger charge is 2.07. The molecular formula is C10H9F2NO. The molecule has 0 fully saturated rings. The van der Waals surface area contributed by atoms with Crippen molar-refractivity contribution in [2.75, 3.05) is 6.54 Å². The fraction of sp³-hybridized carbons (Fsp3) is 0.200. The van der Waals surface area contributed by atoms with Gasteiger partial charge in [0.05, 0.1) is 5.56 Å². The first kappa shape index (κ1) is 10.5. The van der Waals surface area contributed by atoms with Crippen LogP contribution in [0.15, 0.2) is 12.1 Å². The Morgan fingerprint density at radius 1 is 1.29 bits per heavy atom. The number of phenols is 1. The molecule has 4 heteroatoms. The van der Waals surface area contributed by atoms with Crippen LogP contribution in [-0.4, -0.2) is 11.7 Å². The van der Waals surface area contributed by atoms with Crippen molar-refractivity contribution in [3.05, 3.63) is 29.3 Å². The highest BCUT2D eigenvalue weighted by atomic mass is 19.1. The van der Waals surface area contributed by atoms with E-state index in [1.165, 1.54) is 0 Å². The topological polar surface area (TPSA) is 46.2 Å². The summed E-state index contributed by atoms with van der Waals surface area (Å²) >= 11 is 0. The first-order valence-corrected chi connectivity index (χ1v) is 4.02. The van der Waals surface area contributed by atoms with Crippen molar-refractivity contribution in [1.29, 1.82) is 0 Å². The van der Waals surface area contributed by atoms with E-state index in [4.69, 9.17) is 10.8 Å². The Morgan fingerprint density at radius 3 is 2.36 bits per heavy atom. The largest absolute Gasteiger partial charge is 0.508 e. The van der Waals surface area contributed by atoms with Gasteiger partial charge in [-0.15, -0.1) is 0 Å². The van der Waals surface area contributed by atoms with E-state index in [0.29, 0.717) is 13.0 Å². The third-order valence-electron chi connectivity index (χ3n) is 1.51. The van der Waals surface area contributed by atoms with Crippen molar-refractivity contribution < 1.29 is 13.9 Å². The smallest absolute Gasteiger partial charge is 0.145 e. The molecule has 74 valence electrons. The van der Waals surface area contributed by atoms with Crippen LogP contribution in [-0.2, 0) is 0 Å². The summed E-state index contributed by atoms with van der Waals surface area (Å²) in [5.41, 5.74) is 4.83. The number of halogens is 2. The lowest BCUT2D eigenvalue weighted by Crippen LogP contribution is -1.96. The predicted octanol–water partition coefficient (Wildman–Crippen LogP) is 1.37. The molecule has 0 spiro atoms. The van der Waals surface area contributed by atoms with E-state index >= 15 is 0 Å². The van der Waals surface area contributed by atoms with Gasteiger partial charge in [-0.1, -0.05) is 11.8 Å². The van der Waals surface area contributed by atoms with Crippen LogP contribution >= 0.6 is 0 Å². The van der Waals surface area contributed by atoms with E-state index in [2.05, 4.69) is 11.8 Å². The van der Waals surface area contributed by atoms with Crippen molar-refractivity contribution >= 4 is 0 Å². The molecule has 0 unspecified atom stereocenters. The summed E-state index contributed by atoms with van der Waals surface area (Å²) in [5.74, 6) is 2.64. The average molecular weight is 197 g/mol. The number of phenolic OH excluding ortho intramolecular Hbond substituents is 1. The highest BCUT2D eigenvalue weighted by molar-refractivity contribution is 5.40. The van der Waals surface area contributed by atoms with Gasteiger partial charge in [0.1, 0.15) is 17.4 Å². The Hall–Kier alpha value is -1.60. The molecule has 0 amide bonds. The zero-order valence-electron chi connectivity index (χ0n) is 7.35. The van der Waals surface area contributed by atoms with Gasteiger partial charge in [0, 0.05) is 25.1 Å². The number of aromatic hydroxyl groups is 1. The standard InChI is InChI=1S/C10H9F2NO/c11-9-5-7(14)6-10(12)8(9)3-1-2-4-13/h5-6,14H,2,4,13H2. The van der Waals surface area contributed by atoms with Crippen LogP contribution in [0.1, 0.15) is 12.0 Å². The van der Waals surface area contributed by atoms with Crippen LogP contribution in [0.2, 0.25) is 0 Å². The van der Waals surface area contributed by atoms with Crippen molar-refractivity contribution in [2.24, 2.45) is 5.73 Å². The van der Waals surface area contributed by atoms with Gasteiger partial charge in [-0.3, -0.25) is 0 Å². The van der Waals surface area contributed by atoms with E-state index < -0.39 is 17.4 Å². The summed E-state index contributed by atoms with van der Waals surface area (Å²) in [6.07, 6.45) is 0.375. The molecule has 0 saturated heterocycles. The summed E-state index contributed by atoms with van der Waals surface area (Å²) in [4.78, 5) is 0. The second-order valence-electron chi connectivity index (χ2n) is 2.62. The molecule has 0 heterocycles. The molecule has 0 aliphatic carbocycles. The Labute approximate surface area is 80.4 Å². The van der Waals surface area contributed by atoms with Crippen LogP contribution in [0.4, 0.5) is 8.78 Å². The van der Waals surface area contributed by atoms with E-state index in [1.54, 1.807) is 0 Å².